The van der Waals surface area contributed by atoms with Crippen LogP contribution in [-0.4, -0.2) is 55.9 Å². The van der Waals surface area contributed by atoms with Crippen LogP contribution in [0.4, 0.5) is 17.1 Å². The van der Waals surface area contributed by atoms with E-state index in [1.807, 2.05) is 60.8 Å². The second-order valence-corrected chi connectivity index (χ2v) is 12.8. The molecule has 1 aliphatic heterocycles. The maximum absolute atomic E-state index is 14.1. The van der Waals surface area contributed by atoms with E-state index in [1.165, 1.54) is 28.0 Å². The molecular formula is C40H39N5O7. The first kappa shape index (κ1) is 35.7. The lowest BCUT2D eigenvalue weighted by Crippen LogP contribution is -2.44. The number of anilines is 2. The summed E-state index contributed by atoms with van der Waals surface area (Å²) in [5, 5.41) is 37.2. The van der Waals surface area contributed by atoms with E-state index in [1.54, 1.807) is 43.3 Å². The van der Waals surface area contributed by atoms with Gasteiger partial charge in [-0.1, -0.05) is 79.7 Å². The Morgan fingerprint density at radius 3 is 2.48 bits per heavy atom. The van der Waals surface area contributed by atoms with Crippen molar-refractivity contribution in [3.8, 4) is 0 Å². The number of nitro benzene ring substituents is 1. The Labute approximate surface area is 300 Å². The van der Waals surface area contributed by atoms with Gasteiger partial charge in [0, 0.05) is 65.9 Å². The average molecular weight is 702 g/mol. The van der Waals surface area contributed by atoms with Gasteiger partial charge in [-0.05, 0) is 41.0 Å². The summed E-state index contributed by atoms with van der Waals surface area (Å²) in [6.45, 7) is 1.93. The fraction of sp³-hybridized carbons (Fsp3) is 0.225. The van der Waals surface area contributed by atoms with E-state index in [4.69, 9.17) is 0 Å². The molecule has 5 aromatic rings. The molecule has 0 aliphatic carbocycles. The number of rotatable bonds is 14. The van der Waals surface area contributed by atoms with Crippen LogP contribution in [0, 0.1) is 16.0 Å². The highest BCUT2D eigenvalue weighted by Crippen LogP contribution is 2.47. The highest BCUT2D eigenvalue weighted by Gasteiger charge is 2.53. The number of nitrogens with one attached hydrogen (secondary N) is 2. The molecule has 0 saturated heterocycles. The van der Waals surface area contributed by atoms with Gasteiger partial charge in [-0.2, -0.15) is 0 Å². The molecule has 0 radical (unpaired) electrons. The van der Waals surface area contributed by atoms with Crippen LogP contribution in [0.15, 0.2) is 115 Å². The van der Waals surface area contributed by atoms with Crippen LogP contribution < -0.4 is 10.2 Å². The van der Waals surface area contributed by atoms with Crippen molar-refractivity contribution in [2.45, 2.75) is 38.5 Å². The highest BCUT2D eigenvalue weighted by molar-refractivity contribution is 6.07. The Kier molecular flexibility index (Phi) is 10.6. The van der Waals surface area contributed by atoms with E-state index >= 15 is 0 Å². The first-order chi connectivity index (χ1) is 25.1. The third-order valence-corrected chi connectivity index (χ3v) is 9.38. The second-order valence-electron chi connectivity index (χ2n) is 12.8. The maximum atomic E-state index is 14.1. The second kappa shape index (κ2) is 15.4. The number of aromatic nitrogens is 1. The molecule has 0 spiro atoms. The van der Waals surface area contributed by atoms with Crippen molar-refractivity contribution in [1.82, 2.24) is 9.88 Å². The first-order valence-electron chi connectivity index (χ1n) is 16.9. The molecule has 0 saturated carbocycles. The van der Waals surface area contributed by atoms with Gasteiger partial charge in [0.1, 0.15) is 0 Å². The molecule has 266 valence electrons. The summed E-state index contributed by atoms with van der Waals surface area (Å²) in [7, 11) is 0. The standard InChI is InChI=1S/C40H39N5O7/c1-27(8-7-13-38(48)43(20-21-46)25-28-9-3-2-4-10-28)40(50)34-23-32(45(51)52)18-19-36(34)44(39(40)49)26-29-14-16-31(17-15-29)42-37(47)22-30-24-41-35-12-6-5-11-33(30)35/h2-12,14-19,23-24,27,41,46,50H,13,20-22,25-26H2,1H3,(H,42,47)/b8-7+/t27-,40+/m0/s1. The minimum absolute atomic E-state index is 0.0440. The summed E-state index contributed by atoms with van der Waals surface area (Å²) in [6, 6.07) is 28.1. The van der Waals surface area contributed by atoms with Crippen LogP contribution in [0.1, 0.15) is 35.6 Å². The van der Waals surface area contributed by atoms with Gasteiger partial charge in [-0.3, -0.25) is 24.5 Å². The number of carbonyl (C=O) groups excluding carboxylic acids is 3. The van der Waals surface area contributed by atoms with E-state index < -0.39 is 22.3 Å². The number of H-pyrrole nitrogens is 1. The number of amides is 3. The number of aliphatic hydroxyl groups is 2. The quantitative estimate of drug-likeness (QED) is 0.0664. The summed E-state index contributed by atoms with van der Waals surface area (Å²) >= 11 is 0. The average Bonchev–Trinajstić information content (AvgIpc) is 3.64. The van der Waals surface area contributed by atoms with E-state index in [0.29, 0.717) is 23.5 Å². The van der Waals surface area contributed by atoms with Crippen LogP contribution in [0.3, 0.4) is 0 Å². The molecule has 1 aromatic heterocycles. The fourth-order valence-corrected chi connectivity index (χ4v) is 6.60. The number of nitrogens with zero attached hydrogens (tertiary/aromatic N) is 3. The number of nitro groups is 1. The zero-order valence-corrected chi connectivity index (χ0v) is 28.6. The molecule has 6 rings (SSSR count). The molecular weight excluding hydrogens is 662 g/mol. The number of hydrogen-bond acceptors (Lipinski definition) is 7. The zero-order valence-electron chi connectivity index (χ0n) is 28.6. The summed E-state index contributed by atoms with van der Waals surface area (Å²) in [4.78, 5) is 57.2. The van der Waals surface area contributed by atoms with E-state index in [-0.39, 0.29) is 55.6 Å². The molecule has 4 aromatic carbocycles. The highest BCUT2D eigenvalue weighted by atomic mass is 16.6. The number of carbonyl (C=O) groups is 3. The Balaban J connectivity index is 1.15. The van der Waals surface area contributed by atoms with Crippen LogP contribution >= 0.6 is 0 Å². The predicted molar refractivity (Wildman–Crippen MR) is 197 cm³/mol. The third kappa shape index (κ3) is 7.48. The van der Waals surface area contributed by atoms with Crippen molar-refractivity contribution >= 4 is 45.7 Å². The number of benzene rings is 4. The van der Waals surface area contributed by atoms with Crippen LogP contribution in [-0.2, 0) is 39.5 Å². The monoisotopic (exact) mass is 701 g/mol. The van der Waals surface area contributed by atoms with Crippen molar-refractivity contribution in [1.29, 1.82) is 0 Å². The SMILES string of the molecule is C[C@@H](/C=C/CC(=O)N(CCO)Cc1ccccc1)[C@]1(O)C(=O)N(Cc2ccc(NC(=O)Cc3c[nH]c4ccccc34)cc2)c2ccc([N+](=O)[O-])cc21. The molecule has 2 heterocycles. The summed E-state index contributed by atoms with van der Waals surface area (Å²) in [5.74, 6) is -1.96. The Morgan fingerprint density at radius 2 is 1.75 bits per heavy atom. The Bertz CT molecular complexity index is 2130. The van der Waals surface area contributed by atoms with Gasteiger partial charge in [0.15, 0.2) is 5.60 Å². The van der Waals surface area contributed by atoms with Crippen molar-refractivity contribution < 1.29 is 29.5 Å². The predicted octanol–water partition coefficient (Wildman–Crippen LogP) is 5.60. The van der Waals surface area contributed by atoms with Crippen molar-refractivity contribution in [2.75, 3.05) is 23.4 Å². The maximum Gasteiger partial charge on any atom is 0.269 e. The van der Waals surface area contributed by atoms with Gasteiger partial charge in [0.25, 0.3) is 11.6 Å². The van der Waals surface area contributed by atoms with E-state index in [0.717, 1.165) is 22.0 Å². The topological polar surface area (TPSA) is 169 Å². The summed E-state index contributed by atoms with van der Waals surface area (Å²) in [5.41, 5.74) is 2.03. The van der Waals surface area contributed by atoms with Gasteiger partial charge in [-0.15, -0.1) is 0 Å². The summed E-state index contributed by atoms with van der Waals surface area (Å²) in [6.07, 6.45) is 5.10. The van der Waals surface area contributed by atoms with Crippen LogP contribution in [0.2, 0.25) is 0 Å². The molecule has 12 nitrogen and oxygen atoms in total. The first-order valence-corrected chi connectivity index (χ1v) is 16.9. The van der Waals surface area contributed by atoms with Gasteiger partial charge >= 0.3 is 0 Å². The molecule has 0 bridgehead atoms. The zero-order chi connectivity index (χ0) is 36.8. The number of aliphatic hydroxyl groups excluding tert-OH is 1. The van der Waals surface area contributed by atoms with E-state index in [2.05, 4.69) is 10.3 Å². The van der Waals surface area contributed by atoms with Crippen molar-refractivity contribution in [2.24, 2.45) is 5.92 Å². The number of fused-ring (bicyclic) bond motifs is 2. The Hall–Kier alpha value is -6.11. The van der Waals surface area contributed by atoms with Crippen LogP contribution in [0.25, 0.3) is 10.9 Å². The molecule has 12 heteroatoms. The molecule has 2 atom stereocenters. The lowest BCUT2D eigenvalue weighted by Gasteiger charge is -2.28. The fourth-order valence-electron chi connectivity index (χ4n) is 6.60. The smallest absolute Gasteiger partial charge is 0.269 e. The third-order valence-electron chi connectivity index (χ3n) is 9.38. The minimum atomic E-state index is -2.15. The van der Waals surface area contributed by atoms with Crippen molar-refractivity contribution in [3.05, 3.63) is 148 Å². The van der Waals surface area contributed by atoms with Gasteiger partial charge < -0.3 is 30.3 Å². The molecule has 3 amide bonds. The largest absolute Gasteiger partial charge is 0.395 e. The number of non-ortho nitro benzene ring substituents is 1. The van der Waals surface area contributed by atoms with E-state index in [9.17, 15) is 34.7 Å². The number of hydrogen-bond donors (Lipinski definition) is 4. The molecule has 4 N–H and O–H groups in total. The summed E-state index contributed by atoms with van der Waals surface area (Å²) < 4.78 is 0. The number of aromatic amines is 1. The van der Waals surface area contributed by atoms with Gasteiger partial charge in [0.05, 0.1) is 30.2 Å². The number of para-hydroxylation sites is 1. The normalized spacial score (nSPS) is 15.9. The Morgan fingerprint density at radius 1 is 1.02 bits per heavy atom. The van der Waals surface area contributed by atoms with Crippen LogP contribution in [0.5, 0.6) is 0 Å². The molecule has 0 fully saturated rings. The molecule has 1 aliphatic rings. The molecule has 52 heavy (non-hydrogen) atoms. The van der Waals surface area contributed by atoms with Crippen molar-refractivity contribution in [3.63, 3.8) is 0 Å². The van der Waals surface area contributed by atoms with Gasteiger partial charge in [-0.25, -0.2) is 0 Å². The minimum Gasteiger partial charge on any atom is -0.395 e. The van der Waals surface area contributed by atoms with Gasteiger partial charge in [0.2, 0.25) is 11.8 Å². The lowest BCUT2D eigenvalue weighted by atomic mass is 9.82. The lowest BCUT2D eigenvalue weighted by molar-refractivity contribution is -0.385. The molecule has 0 unspecified atom stereocenters.